The Kier molecular flexibility index (Phi) is 6.55. The molecule has 0 aromatic heterocycles. The molecular weight excluding hydrogens is 430 g/mol. The summed E-state index contributed by atoms with van der Waals surface area (Å²) in [6.45, 7) is 1.96. The van der Waals surface area contributed by atoms with Gasteiger partial charge in [-0.3, -0.25) is 14.5 Å². The minimum atomic E-state index is -0.788. The van der Waals surface area contributed by atoms with E-state index in [2.05, 4.69) is 5.32 Å². The van der Waals surface area contributed by atoms with E-state index in [1.54, 1.807) is 18.2 Å². The zero-order valence-corrected chi connectivity index (χ0v) is 18.2. The van der Waals surface area contributed by atoms with Gasteiger partial charge in [-0.2, -0.15) is 0 Å². The van der Waals surface area contributed by atoms with Crippen LogP contribution in [0.4, 0.5) is 20.2 Å². The Morgan fingerprint density at radius 1 is 1.09 bits per heavy atom. The highest BCUT2D eigenvalue weighted by Crippen LogP contribution is 2.43. The van der Waals surface area contributed by atoms with E-state index < -0.39 is 17.0 Å². The molecule has 4 nitrogen and oxygen atoms in total. The van der Waals surface area contributed by atoms with Crippen LogP contribution in [0.25, 0.3) is 0 Å². The van der Waals surface area contributed by atoms with Gasteiger partial charge in [0.1, 0.15) is 17.0 Å². The van der Waals surface area contributed by atoms with Crippen LogP contribution in [0.3, 0.4) is 0 Å². The van der Waals surface area contributed by atoms with Crippen LogP contribution in [0.1, 0.15) is 35.8 Å². The summed E-state index contributed by atoms with van der Waals surface area (Å²) in [4.78, 5) is 26.8. The number of nitrogens with zero attached hydrogens (tertiary/aromatic N) is 1. The average Bonchev–Trinajstić information content (AvgIpc) is 3.16. The molecule has 1 aliphatic rings. The molecule has 0 saturated carbocycles. The van der Waals surface area contributed by atoms with Gasteiger partial charge < -0.3 is 5.32 Å². The van der Waals surface area contributed by atoms with E-state index in [9.17, 15) is 18.4 Å². The third-order valence-electron chi connectivity index (χ3n) is 5.40. The predicted molar refractivity (Wildman–Crippen MR) is 124 cm³/mol. The Hall–Kier alpha value is -3.19. The zero-order chi connectivity index (χ0) is 22.7. The fourth-order valence-electron chi connectivity index (χ4n) is 3.86. The first kappa shape index (κ1) is 22.0. The van der Waals surface area contributed by atoms with Crippen molar-refractivity contribution in [1.29, 1.82) is 0 Å². The van der Waals surface area contributed by atoms with Gasteiger partial charge in [0.15, 0.2) is 0 Å². The number of amides is 2. The first-order valence-electron chi connectivity index (χ1n) is 10.3. The van der Waals surface area contributed by atoms with Crippen molar-refractivity contribution in [3.05, 3.63) is 95.6 Å². The van der Waals surface area contributed by atoms with Crippen LogP contribution in [0.2, 0.25) is 0 Å². The summed E-state index contributed by atoms with van der Waals surface area (Å²) in [5.74, 6) is -1.96. The van der Waals surface area contributed by atoms with Crippen molar-refractivity contribution in [1.82, 2.24) is 0 Å². The summed E-state index contributed by atoms with van der Waals surface area (Å²) >= 11 is 1.36. The highest BCUT2D eigenvalue weighted by molar-refractivity contribution is 8.00. The second-order valence-corrected chi connectivity index (χ2v) is 8.58. The Morgan fingerprint density at radius 3 is 2.59 bits per heavy atom. The van der Waals surface area contributed by atoms with Crippen molar-refractivity contribution < 1.29 is 18.4 Å². The number of halogens is 2. The molecule has 0 aliphatic carbocycles. The zero-order valence-electron chi connectivity index (χ0n) is 17.4. The maximum absolute atomic E-state index is 14.4. The van der Waals surface area contributed by atoms with Crippen LogP contribution < -0.4 is 10.2 Å². The van der Waals surface area contributed by atoms with Gasteiger partial charge >= 0.3 is 0 Å². The summed E-state index contributed by atoms with van der Waals surface area (Å²) in [6, 6.07) is 20.0. The number of thioether (sulfide) groups is 1. The van der Waals surface area contributed by atoms with Crippen LogP contribution in [-0.2, 0) is 9.59 Å². The molecular formula is C25H22F2N2O2S. The number of hydrogen-bond acceptors (Lipinski definition) is 3. The van der Waals surface area contributed by atoms with E-state index in [-0.39, 0.29) is 29.2 Å². The van der Waals surface area contributed by atoms with E-state index in [1.165, 1.54) is 22.7 Å². The number of benzene rings is 3. The number of carbonyl (C=O) groups is 2. The Labute approximate surface area is 189 Å². The quantitative estimate of drug-likeness (QED) is 0.508. The Morgan fingerprint density at radius 2 is 1.88 bits per heavy atom. The summed E-state index contributed by atoms with van der Waals surface area (Å²) in [7, 11) is 0. The van der Waals surface area contributed by atoms with Gasteiger partial charge in [-0.15, -0.1) is 11.8 Å². The third-order valence-corrected chi connectivity index (χ3v) is 6.62. The monoisotopic (exact) mass is 452 g/mol. The van der Waals surface area contributed by atoms with Crippen molar-refractivity contribution in [2.75, 3.05) is 16.0 Å². The van der Waals surface area contributed by atoms with Crippen molar-refractivity contribution >= 4 is 35.0 Å². The van der Waals surface area contributed by atoms with Gasteiger partial charge in [-0.25, -0.2) is 8.78 Å². The van der Waals surface area contributed by atoms with Crippen molar-refractivity contribution in [2.45, 2.75) is 24.6 Å². The lowest BCUT2D eigenvalue weighted by Gasteiger charge is -2.25. The molecule has 4 rings (SSSR count). The summed E-state index contributed by atoms with van der Waals surface area (Å²) in [5, 5.41) is 2.49. The largest absolute Gasteiger partial charge is 0.326 e. The molecule has 0 bridgehead atoms. The molecule has 2 amide bonds. The van der Waals surface area contributed by atoms with Gasteiger partial charge in [0, 0.05) is 11.8 Å². The van der Waals surface area contributed by atoms with Gasteiger partial charge in [0.05, 0.1) is 17.4 Å². The van der Waals surface area contributed by atoms with E-state index in [0.717, 1.165) is 23.3 Å². The average molecular weight is 453 g/mol. The van der Waals surface area contributed by atoms with Gasteiger partial charge in [-0.1, -0.05) is 49.4 Å². The smallest absolute Gasteiger partial charge is 0.238 e. The fourth-order valence-corrected chi connectivity index (χ4v) is 5.02. The maximum Gasteiger partial charge on any atom is 0.238 e. The number of carbonyl (C=O) groups excluding carboxylic acids is 2. The van der Waals surface area contributed by atoms with E-state index in [4.69, 9.17) is 0 Å². The lowest BCUT2D eigenvalue weighted by molar-refractivity contribution is -0.118. The molecule has 1 fully saturated rings. The SMILES string of the molecule is CC[C@@H](C(=O)Nc1cccc([C@H]2SCC(=O)N2c2ccc(F)cc2F)c1)c1ccccc1. The Balaban J connectivity index is 1.58. The molecule has 3 aromatic rings. The van der Waals surface area contributed by atoms with Crippen LogP contribution >= 0.6 is 11.8 Å². The molecule has 1 saturated heterocycles. The van der Waals surface area contributed by atoms with Crippen molar-refractivity contribution in [2.24, 2.45) is 0 Å². The summed E-state index contributed by atoms with van der Waals surface area (Å²) in [6.07, 6.45) is 0.653. The fraction of sp³-hybridized carbons (Fsp3) is 0.200. The Bertz CT molecular complexity index is 1140. The van der Waals surface area contributed by atoms with E-state index in [0.29, 0.717) is 12.1 Å². The van der Waals surface area contributed by atoms with Crippen molar-refractivity contribution in [3.63, 3.8) is 0 Å². The summed E-state index contributed by atoms with van der Waals surface area (Å²) in [5.41, 5.74) is 2.33. The minimum absolute atomic E-state index is 0.0379. The standard InChI is InChI=1S/C25H22F2N2O2S/c1-2-20(16-7-4-3-5-8-16)24(31)28-19-10-6-9-17(13-19)25-29(23(30)15-32-25)22-12-11-18(26)14-21(22)27/h3-14,20,25H,2,15H2,1H3,(H,28,31)/t20-,25-/m1/s1. The molecule has 1 aliphatic heterocycles. The number of anilines is 2. The first-order chi connectivity index (χ1) is 15.5. The van der Waals surface area contributed by atoms with Gasteiger partial charge in [-0.05, 0) is 41.8 Å². The molecule has 2 atom stereocenters. The molecule has 1 N–H and O–H groups in total. The number of nitrogens with one attached hydrogen (secondary N) is 1. The van der Waals surface area contributed by atoms with Gasteiger partial charge in [0.25, 0.3) is 0 Å². The van der Waals surface area contributed by atoms with Gasteiger partial charge in [0.2, 0.25) is 11.8 Å². The molecule has 0 radical (unpaired) electrons. The maximum atomic E-state index is 14.4. The van der Waals surface area contributed by atoms with Crippen LogP contribution in [0.5, 0.6) is 0 Å². The van der Waals surface area contributed by atoms with E-state index in [1.807, 2.05) is 43.3 Å². The van der Waals surface area contributed by atoms with Crippen LogP contribution in [-0.4, -0.2) is 17.6 Å². The predicted octanol–water partition coefficient (Wildman–Crippen LogP) is 5.88. The van der Waals surface area contributed by atoms with E-state index >= 15 is 0 Å². The second kappa shape index (κ2) is 9.53. The normalized spacial score (nSPS) is 16.8. The van der Waals surface area contributed by atoms with Crippen LogP contribution in [0.15, 0.2) is 72.8 Å². The number of rotatable bonds is 6. The molecule has 164 valence electrons. The first-order valence-corrected chi connectivity index (χ1v) is 11.4. The topological polar surface area (TPSA) is 49.4 Å². The van der Waals surface area contributed by atoms with Crippen LogP contribution in [0, 0.1) is 11.6 Å². The van der Waals surface area contributed by atoms with Crippen molar-refractivity contribution in [3.8, 4) is 0 Å². The molecule has 0 unspecified atom stereocenters. The second-order valence-electron chi connectivity index (χ2n) is 7.51. The number of hydrogen-bond donors (Lipinski definition) is 1. The molecule has 0 spiro atoms. The molecule has 3 aromatic carbocycles. The lowest BCUT2D eigenvalue weighted by Crippen LogP contribution is -2.28. The highest BCUT2D eigenvalue weighted by atomic mass is 32.2. The lowest BCUT2D eigenvalue weighted by atomic mass is 9.95. The highest BCUT2D eigenvalue weighted by Gasteiger charge is 2.35. The molecule has 1 heterocycles. The molecule has 32 heavy (non-hydrogen) atoms. The third kappa shape index (κ3) is 4.53. The molecule has 7 heteroatoms. The summed E-state index contributed by atoms with van der Waals surface area (Å²) < 4.78 is 27.8. The minimum Gasteiger partial charge on any atom is -0.326 e.